The summed E-state index contributed by atoms with van der Waals surface area (Å²) in [5, 5.41) is 3.04. The summed E-state index contributed by atoms with van der Waals surface area (Å²) in [6.07, 6.45) is 5.21. The molecule has 0 aliphatic heterocycles. The van der Waals surface area contributed by atoms with Crippen LogP contribution in [-0.2, 0) is 0 Å². The van der Waals surface area contributed by atoms with E-state index in [2.05, 4.69) is 5.32 Å². The van der Waals surface area contributed by atoms with Crippen molar-refractivity contribution in [1.82, 2.24) is 10.2 Å². The van der Waals surface area contributed by atoms with Gasteiger partial charge in [-0.15, -0.1) is 0 Å². The first-order chi connectivity index (χ1) is 7.50. The van der Waals surface area contributed by atoms with Crippen molar-refractivity contribution in [2.24, 2.45) is 5.73 Å². The number of hydrogen-bond donors (Lipinski definition) is 2. The van der Waals surface area contributed by atoms with Gasteiger partial charge in [0, 0.05) is 25.6 Å². The SMILES string of the molecule is CC(CC(N)=S)N(C)C(=O)NC1CCCC1. The molecule has 1 atom stereocenters. The van der Waals surface area contributed by atoms with Crippen molar-refractivity contribution in [1.29, 1.82) is 0 Å². The minimum atomic E-state index is -0.0179. The molecule has 16 heavy (non-hydrogen) atoms. The van der Waals surface area contributed by atoms with Gasteiger partial charge in [0.15, 0.2) is 0 Å². The van der Waals surface area contributed by atoms with Gasteiger partial charge in [-0.3, -0.25) is 0 Å². The normalized spacial score (nSPS) is 18.1. The number of amides is 2. The van der Waals surface area contributed by atoms with Gasteiger partial charge in [-0.1, -0.05) is 25.1 Å². The van der Waals surface area contributed by atoms with E-state index < -0.39 is 0 Å². The van der Waals surface area contributed by atoms with Gasteiger partial charge in [-0.05, 0) is 19.8 Å². The predicted molar refractivity (Wildman–Crippen MR) is 69.4 cm³/mol. The van der Waals surface area contributed by atoms with Crippen LogP contribution in [0.1, 0.15) is 39.0 Å². The Kier molecular flexibility index (Phi) is 4.99. The first kappa shape index (κ1) is 13.2. The van der Waals surface area contributed by atoms with Gasteiger partial charge >= 0.3 is 6.03 Å². The van der Waals surface area contributed by atoms with Gasteiger partial charge in [0.25, 0.3) is 0 Å². The first-order valence-corrected chi connectivity index (χ1v) is 6.23. The largest absolute Gasteiger partial charge is 0.393 e. The van der Waals surface area contributed by atoms with Crippen LogP contribution in [0.3, 0.4) is 0 Å². The van der Waals surface area contributed by atoms with E-state index in [1.54, 1.807) is 11.9 Å². The Balaban J connectivity index is 2.36. The Bertz CT molecular complexity index is 264. The number of carbonyl (C=O) groups is 1. The second-order valence-electron chi connectivity index (χ2n) is 4.56. The van der Waals surface area contributed by atoms with Crippen LogP contribution in [0.4, 0.5) is 4.79 Å². The fourth-order valence-corrected chi connectivity index (χ4v) is 2.22. The van der Waals surface area contributed by atoms with E-state index in [4.69, 9.17) is 18.0 Å². The first-order valence-electron chi connectivity index (χ1n) is 5.82. The number of carbonyl (C=O) groups excluding carboxylic acids is 1. The lowest BCUT2D eigenvalue weighted by Crippen LogP contribution is -2.46. The molecule has 5 heteroatoms. The number of hydrogen-bond acceptors (Lipinski definition) is 2. The molecule has 0 spiro atoms. The van der Waals surface area contributed by atoms with Gasteiger partial charge in [0.05, 0.1) is 4.99 Å². The number of nitrogens with one attached hydrogen (secondary N) is 1. The summed E-state index contributed by atoms with van der Waals surface area (Å²) in [6, 6.07) is 0.390. The van der Waals surface area contributed by atoms with Crippen molar-refractivity contribution in [3.63, 3.8) is 0 Å². The van der Waals surface area contributed by atoms with Crippen molar-refractivity contribution in [3.05, 3.63) is 0 Å². The molecule has 0 saturated heterocycles. The van der Waals surface area contributed by atoms with Crippen LogP contribution in [0.15, 0.2) is 0 Å². The van der Waals surface area contributed by atoms with Crippen molar-refractivity contribution >= 4 is 23.2 Å². The minimum Gasteiger partial charge on any atom is -0.393 e. The zero-order valence-electron chi connectivity index (χ0n) is 10.0. The van der Waals surface area contributed by atoms with Gasteiger partial charge in [-0.25, -0.2) is 4.79 Å². The van der Waals surface area contributed by atoms with Gasteiger partial charge in [-0.2, -0.15) is 0 Å². The lowest BCUT2D eigenvalue weighted by Gasteiger charge is -2.26. The van der Waals surface area contributed by atoms with E-state index in [1.165, 1.54) is 12.8 Å². The van der Waals surface area contributed by atoms with Crippen LogP contribution >= 0.6 is 12.2 Å². The third-order valence-corrected chi connectivity index (χ3v) is 3.33. The molecular formula is C11H21N3OS. The van der Waals surface area contributed by atoms with Crippen LogP contribution in [0.5, 0.6) is 0 Å². The van der Waals surface area contributed by atoms with Crippen LogP contribution in [0.2, 0.25) is 0 Å². The molecule has 1 fully saturated rings. The Labute approximate surface area is 103 Å². The molecule has 0 radical (unpaired) electrons. The van der Waals surface area contributed by atoms with Crippen molar-refractivity contribution in [3.8, 4) is 0 Å². The molecule has 0 aromatic carbocycles. The summed E-state index contributed by atoms with van der Waals surface area (Å²) in [5.41, 5.74) is 5.47. The molecule has 1 rings (SSSR count). The summed E-state index contributed by atoms with van der Waals surface area (Å²) < 4.78 is 0. The lowest BCUT2D eigenvalue weighted by atomic mass is 10.2. The molecule has 1 unspecified atom stereocenters. The predicted octanol–water partition coefficient (Wildman–Crippen LogP) is 1.64. The number of nitrogens with zero attached hydrogens (tertiary/aromatic N) is 1. The standard InChI is InChI=1S/C11H21N3OS/c1-8(7-10(12)16)14(2)11(15)13-9-5-3-4-6-9/h8-9H,3-7H2,1-2H3,(H2,12,16)(H,13,15). The third-order valence-electron chi connectivity index (χ3n) is 3.16. The molecule has 2 amide bonds. The Morgan fingerprint density at radius 2 is 2.12 bits per heavy atom. The molecule has 1 aliphatic rings. The zero-order chi connectivity index (χ0) is 12.1. The molecule has 0 heterocycles. The molecule has 1 saturated carbocycles. The highest BCUT2D eigenvalue weighted by Crippen LogP contribution is 2.18. The van der Waals surface area contributed by atoms with E-state index in [-0.39, 0.29) is 12.1 Å². The van der Waals surface area contributed by atoms with E-state index >= 15 is 0 Å². The highest BCUT2D eigenvalue weighted by molar-refractivity contribution is 7.80. The smallest absolute Gasteiger partial charge is 0.317 e. The average Bonchev–Trinajstić information content (AvgIpc) is 2.68. The summed E-state index contributed by atoms with van der Waals surface area (Å²) in [6.45, 7) is 1.95. The van der Waals surface area contributed by atoms with Crippen molar-refractivity contribution in [2.45, 2.75) is 51.1 Å². The second kappa shape index (κ2) is 6.03. The minimum absolute atomic E-state index is 0.0179. The quantitative estimate of drug-likeness (QED) is 0.738. The monoisotopic (exact) mass is 243 g/mol. The number of thiocarbonyl (C=S) groups is 1. The molecule has 0 bridgehead atoms. The summed E-state index contributed by atoms with van der Waals surface area (Å²) in [5.74, 6) is 0. The number of rotatable bonds is 4. The molecule has 0 aromatic heterocycles. The van der Waals surface area contributed by atoms with Gasteiger partial charge in [0.1, 0.15) is 0 Å². The maximum Gasteiger partial charge on any atom is 0.317 e. The molecule has 3 N–H and O–H groups in total. The van der Waals surface area contributed by atoms with E-state index in [0.29, 0.717) is 17.5 Å². The van der Waals surface area contributed by atoms with E-state index in [0.717, 1.165) is 12.8 Å². The summed E-state index contributed by atoms with van der Waals surface area (Å²) in [7, 11) is 1.78. The maximum absolute atomic E-state index is 11.9. The molecular weight excluding hydrogens is 222 g/mol. The Hall–Kier alpha value is -0.840. The molecule has 0 aromatic rings. The highest BCUT2D eigenvalue weighted by Gasteiger charge is 2.21. The summed E-state index contributed by atoms with van der Waals surface area (Å²) >= 11 is 4.84. The molecule has 4 nitrogen and oxygen atoms in total. The number of urea groups is 1. The fourth-order valence-electron chi connectivity index (χ4n) is 1.97. The van der Waals surface area contributed by atoms with Crippen molar-refractivity contribution < 1.29 is 4.79 Å². The zero-order valence-corrected chi connectivity index (χ0v) is 10.8. The maximum atomic E-state index is 11.9. The number of nitrogens with two attached hydrogens (primary N) is 1. The second-order valence-corrected chi connectivity index (χ2v) is 5.09. The van der Waals surface area contributed by atoms with Gasteiger partial charge < -0.3 is 16.0 Å². The molecule has 1 aliphatic carbocycles. The van der Waals surface area contributed by atoms with Crippen LogP contribution in [-0.4, -0.2) is 35.1 Å². The van der Waals surface area contributed by atoms with E-state index in [9.17, 15) is 4.79 Å². The lowest BCUT2D eigenvalue weighted by molar-refractivity contribution is 0.191. The molecule has 92 valence electrons. The topological polar surface area (TPSA) is 58.4 Å². The van der Waals surface area contributed by atoms with Crippen LogP contribution in [0.25, 0.3) is 0 Å². The van der Waals surface area contributed by atoms with Crippen molar-refractivity contribution in [2.75, 3.05) is 7.05 Å². The summed E-state index contributed by atoms with van der Waals surface area (Å²) in [4.78, 5) is 14.0. The highest BCUT2D eigenvalue weighted by atomic mass is 32.1. The van der Waals surface area contributed by atoms with Crippen LogP contribution < -0.4 is 11.1 Å². The Morgan fingerprint density at radius 1 is 1.56 bits per heavy atom. The third kappa shape index (κ3) is 3.96. The Morgan fingerprint density at radius 3 is 2.62 bits per heavy atom. The fraction of sp³-hybridized carbons (Fsp3) is 0.818. The van der Waals surface area contributed by atoms with E-state index in [1.807, 2.05) is 6.92 Å². The average molecular weight is 243 g/mol. The van der Waals surface area contributed by atoms with Gasteiger partial charge in [0.2, 0.25) is 0 Å². The van der Waals surface area contributed by atoms with Crippen LogP contribution in [0, 0.1) is 0 Å².